The number of aliphatic hydroxyl groups is 3. The Kier molecular flexibility index (Phi) is 6.60. The maximum absolute atomic E-state index is 14.1. The summed E-state index contributed by atoms with van der Waals surface area (Å²) in [5, 5.41) is 44.8. The minimum Gasteiger partial charge on any atom is -0.510 e. The van der Waals surface area contributed by atoms with Gasteiger partial charge in [0.25, 0.3) is 5.91 Å². The zero-order valence-electron chi connectivity index (χ0n) is 22.6. The average molecular weight is 526 g/mol. The first-order valence-electron chi connectivity index (χ1n) is 13.5. The van der Waals surface area contributed by atoms with Crippen molar-refractivity contribution in [2.45, 2.75) is 57.7 Å². The Morgan fingerprint density at radius 2 is 1.84 bits per heavy atom. The number of aromatic hydroxyl groups is 1. The lowest BCUT2D eigenvalue weighted by Gasteiger charge is -2.52. The van der Waals surface area contributed by atoms with E-state index >= 15 is 0 Å². The first-order chi connectivity index (χ1) is 17.8. The molecular weight excluding hydrogens is 486 g/mol. The van der Waals surface area contributed by atoms with Gasteiger partial charge >= 0.3 is 0 Å². The topological polar surface area (TPSA) is 148 Å². The van der Waals surface area contributed by atoms with Crippen LogP contribution in [0.25, 0.3) is 5.76 Å². The Bertz CT molecular complexity index is 1240. The molecule has 1 aliphatic heterocycles. The number of nitrogens with zero attached hydrogens (tertiary/aromatic N) is 2. The molecule has 9 heteroatoms. The fourth-order valence-electron chi connectivity index (χ4n) is 7.56. The maximum atomic E-state index is 14.1. The molecule has 5 atom stereocenters. The third-order valence-corrected chi connectivity index (χ3v) is 9.40. The number of allylic oxidation sites excluding steroid dienone is 1. The molecule has 3 aliphatic carbocycles. The van der Waals surface area contributed by atoms with E-state index in [9.17, 15) is 30.0 Å². The number of carbonyl (C=O) groups is 2. The van der Waals surface area contributed by atoms with E-state index in [1.165, 1.54) is 6.92 Å². The van der Waals surface area contributed by atoms with Crippen LogP contribution in [0.3, 0.4) is 0 Å². The van der Waals surface area contributed by atoms with Gasteiger partial charge in [0, 0.05) is 12.1 Å². The van der Waals surface area contributed by atoms with Crippen LogP contribution in [-0.2, 0) is 22.6 Å². The van der Waals surface area contributed by atoms with Crippen molar-refractivity contribution >= 4 is 17.4 Å². The van der Waals surface area contributed by atoms with Gasteiger partial charge in [-0.2, -0.15) is 0 Å². The number of primary amides is 1. The summed E-state index contributed by atoms with van der Waals surface area (Å²) in [7, 11) is 3.49. The Morgan fingerprint density at radius 3 is 2.45 bits per heavy atom. The molecular formula is C29H39N3O6. The number of aliphatic hydroxyl groups excluding tert-OH is 2. The van der Waals surface area contributed by atoms with Crippen LogP contribution in [0.1, 0.15) is 49.8 Å². The number of phenolic OH excluding ortho intramolecular Hbond substituents is 1. The molecule has 1 saturated heterocycles. The highest BCUT2D eigenvalue weighted by molar-refractivity contribution is 6.08. The summed E-state index contributed by atoms with van der Waals surface area (Å²) >= 11 is 0. The van der Waals surface area contributed by atoms with Crippen LogP contribution in [0.2, 0.25) is 0 Å². The number of piperidine rings is 1. The van der Waals surface area contributed by atoms with Crippen LogP contribution in [0, 0.1) is 23.7 Å². The second kappa shape index (κ2) is 9.39. The van der Waals surface area contributed by atoms with Gasteiger partial charge in [-0.3, -0.25) is 19.4 Å². The van der Waals surface area contributed by atoms with Crippen LogP contribution >= 0.6 is 0 Å². The zero-order valence-corrected chi connectivity index (χ0v) is 22.6. The van der Waals surface area contributed by atoms with Gasteiger partial charge in [-0.1, -0.05) is 13.0 Å². The van der Waals surface area contributed by atoms with E-state index in [1.54, 1.807) is 25.1 Å². The summed E-state index contributed by atoms with van der Waals surface area (Å²) in [5.74, 6) is -3.40. The van der Waals surface area contributed by atoms with Gasteiger partial charge in [0.2, 0.25) is 0 Å². The molecule has 1 aromatic carbocycles. The van der Waals surface area contributed by atoms with Crippen LogP contribution in [-0.4, -0.2) is 80.7 Å². The number of fused-ring (bicyclic) bond motifs is 3. The number of phenols is 1. The van der Waals surface area contributed by atoms with Crippen molar-refractivity contribution in [3.8, 4) is 5.75 Å². The smallest absolute Gasteiger partial charge is 0.251 e. The van der Waals surface area contributed by atoms with Crippen molar-refractivity contribution in [2.75, 3.05) is 27.2 Å². The second-order valence-electron chi connectivity index (χ2n) is 12.1. The van der Waals surface area contributed by atoms with Gasteiger partial charge in [0.15, 0.2) is 5.78 Å². The van der Waals surface area contributed by atoms with Crippen LogP contribution in [0.4, 0.5) is 0 Å². The molecule has 206 valence electrons. The Balaban J connectivity index is 1.59. The highest BCUT2D eigenvalue weighted by atomic mass is 16.3. The number of hydrogen-bond donors (Lipinski definition) is 5. The minimum absolute atomic E-state index is 0.0914. The van der Waals surface area contributed by atoms with Crippen LogP contribution in [0.15, 0.2) is 29.0 Å². The molecule has 0 spiro atoms. The number of likely N-dealkylation sites (N-methyl/N-ethyl adjacent to an activating group) is 1. The van der Waals surface area contributed by atoms with Gasteiger partial charge < -0.3 is 26.2 Å². The maximum Gasteiger partial charge on any atom is 0.251 e. The number of rotatable bonds is 4. The van der Waals surface area contributed by atoms with Crippen molar-refractivity contribution in [3.05, 3.63) is 45.7 Å². The number of Topliss-reactive ketones (excluding diaryl/α,β-unsaturated/α-hetero) is 1. The van der Waals surface area contributed by atoms with E-state index < -0.39 is 35.2 Å². The summed E-state index contributed by atoms with van der Waals surface area (Å²) in [6.07, 6.45) is 3.12. The summed E-state index contributed by atoms with van der Waals surface area (Å²) in [4.78, 5) is 30.5. The van der Waals surface area contributed by atoms with Crippen molar-refractivity contribution in [1.82, 2.24) is 9.80 Å². The van der Waals surface area contributed by atoms with Crippen molar-refractivity contribution in [1.29, 1.82) is 0 Å². The van der Waals surface area contributed by atoms with Gasteiger partial charge in [0.05, 0.1) is 23.1 Å². The predicted octanol–water partition coefficient (Wildman–Crippen LogP) is 2.26. The molecule has 0 radical (unpaired) electrons. The number of nitrogens with two attached hydrogens (primary N) is 1. The molecule has 5 rings (SSSR count). The molecule has 38 heavy (non-hydrogen) atoms. The normalized spacial score (nSPS) is 32.3. The van der Waals surface area contributed by atoms with E-state index in [2.05, 4.69) is 11.8 Å². The molecule has 4 aliphatic rings. The molecule has 0 bridgehead atoms. The molecule has 1 aromatic rings. The number of benzene rings is 1. The highest BCUT2D eigenvalue weighted by Gasteiger charge is 2.60. The molecule has 0 aromatic heterocycles. The third-order valence-electron chi connectivity index (χ3n) is 9.40. The largest absolute Gasteiger partial charge is 0.510 e. The first kappa shape index (κ1) is 26.7. The number of carbonyl (C=O) groups excluding carboxylic acids is 2. The van der Waals surface area contributed by atoms with Crippen LogP contribution in [0.5, 0.6) is 5.75 Å². The summed E-state index contributed by atoms with van der Waals surface area (Å²) in [6, 6.07) is 2.77. The van der Waals surface area contributed by atoms with Gasteiger partial charge in [-0.15, -0.1) is 0 Å². The molecule has 9 nitrogen and oxygen atoms in total. The van der Waals surface area contributed by atoms with Crippen molar-refractivity contribution < 1.29 is 30.0 Å². The lowest BCUT2D eigenvalue weighted by molar-refractivity contribution is -0.139. The molecule has 2 fully saturated rings. The zero-order chi connectivity index (χ0) is 27.7. The van der Waals surface area contributed by atoms with Crippen molar-refractivity contribution in [2.24, 2.45) is 29.4 Å². The Morgan fingerprint density at radius 1 is 1.18 bits per heavy atom. The lowest BCUT2D eigenvalue weighted by Crippen LogP contribution is -2.61. The number of ketones is 1. The van der Waals surface area contributed by atoms with Gasteiger partial charge in [-0.25, -0.2) is 0 Å². The SMILES string of the molecule is CC1CCN(Cc2ccc(O)c3c2CC2CC4C(C(=O)C2=C3O)[C@](C)(O)C(C(N)=O)=C(O)[C@H]4N(C)C)CC1. The quantitative estimate of drug-likeness (QED) is 0.402. The van der Waals surface area contributed by atoms with E-state index in [0.717, 1.165) is 37.1 Å². The Hall–Kier alpha value is -2.88. The number of likely N-dealkylation sites (tertiary alicyclic amines) is 1. The minimum atomic E-state index is -2.02. The van der Waals surface area contributed by atoms with E-state index in [0.29, 0.717) is 25.3 Å². The third kappa shape index (κ3) is 4.03. The predicted molar refractivity (Wildman–Crippen MR) is 142 cm³/mol. The van der Waals surface area contributed by atoms with Crippen molar-refractivity contribution in [3.63, 3.8) is 0 Å². The molecule has 3 unspecified atom stereocenters. The second-order valence-corrected chi connectivity index (χ2v) is 12.1. The average Bonchev–Trinajstić information content (AvgIpc) is 2.80. The monoisotopic (exact) mass is 525 g/mol. The molecule has 1 amide bonds. The number of hydrogen-bond acceptors (Lipinski definition) is 8. The standard InChI is InChI=1S/C29H39N3O6/c1-14-7-9-32(10-8-14)13-15-5-6-19(33)21-17(15)11-16-12-18-22(26(35)20(16)25(21)34)29(2,38)23(28(30)37)27(36)24(18)31(3)4/h5-6,14,16,18,22,24,33-34,36,38H,7-13H2,1-4H3,(H2,30,37)/t16?,18?,22?,24-,29-/m0/s1. The highest BCUT2D eigenvalue weighted by Crippen LogP contribution is 2.54. The summed E-state index contributed by atoms with van der Waals surface area (Å²) < 4.78 is 0. The van der Waals surface area contributed by atoms with Crippen LogP contribution < -0.4 is 5.73 Å². The van der Waals surface area contributed by atoms with Gasteiger partial charge in [-0.05, 0) is 94.7 Å². The molecule has 6 N–H and O–H groups in total. The first-order valence-corrected chi connectivity index (χ1v) is 13.5. The fourth-order valence-corrected chi connectivity index (χ4v) is 7.56. The van der Waals surface area contributed by atoms with Gasteiger partial charge in [0.1, 0.15) is 22.9 Å². The lowest BCUT2D eigenvalue weighted by atomic mass is 9.55. The molecule has 1 saturated carbocycles. The van der Waals surface area contributed by atoms with E-state index in [4.69, 9.17) is 5.73 Å². The fraction of sp³-hybridized carbons (Fsp3) is 0.586. The summed E-state index contributed by atoms with van der Waals surface area (Å²) in [5.41, 5.74) is 5.47. The summed E-state index contributed by atoms with van der Waals surface area (Å²) in [6.45, 7) is 6.27. The number of amides is 1. The Labute approximate surface area is 223 Å². The van der Waals surface area contributed by atoms with E-state index in [-0.39, 0.29) is 39.9 Å². The molecule has 1 heterocycles. The van der Waals surface area contributed by atoms with E-state index in [1.807, 2.05) is 6.07 Å².